The number of methoxy groups -OCH3 is 1. The normalized spacial score (nSPS) is 9.70. The van der Waals surface area contributed by atoms with Crippen LogP contribution in [0, 0.1) is 0 Å². The average Bonchev–Trinajstić information content (AvgIpc) is 2.63. The lowest BCUT2D eigenvalue weighted by atomic mass is 10.2. The van der Waals surface area contributed by atoms with Gasteiger partial charge in [-0.15, -0.1) is 0 Å². The van der Waals surface area contributed by atoms with Crippen LogP contribution < -0.4 is 4.74 Å². The molecule has 0 aliphatic carbocycles. The van der Waals surface area contributed by atoms with Crippen molar-refractivity contribution in [3.63, 3.8) is 0 Å². The van der Waals surface area contributed by atoms with Gasteiger partial charge in [0.05, 0.1) is 12.7 Å². The summed E-state index contributed by atoms with van der Waals surface area (Å²) in [5.41, 5.74) is 1.30. The smallest absolute Gasteiger partial charge is 0.343 e. The van der Waals surface area contributed by atoms with Crippen molar-refractivity contribution in [2.24, 2.45) is 0 Å². The van der Waals surface area contributed by atoms with Gasteiger partial charge in [-0.2, -0.15) is 0 Å². The molecule has 0 radical (unpaired) electrons. The Kier molecular flexibility index (Phi) is 7.86. The van der Waals surface area contributed by atoms with Gasteiger partial charge in [-0.3, -0.25) is 0 Å². The van der Waals surface area contributed by atoms with Crippen molar-refractivity contribution in [3.8, 4) is 5.75 Å². The molecule has 2 rings (SSSR count). The topological polar surface area (TPSA) is 52.6 Å². The first-order valence-corrected chi connectivity index (χ1v) is 7.32. The standard InChI is InChI=1S/C17H14O4.C2H6/c1-20-16(18)12-9-13-7-10-15(11-8-13)21-17(19)14-5-3-2-4-6-14;1-2/h2-12H,1H3;1-2H3/b12-9+;. The molecule has 2 aromatic rings. The maximum atomic E-state index is 11.9. The maximum absolute atomic E-state index is 11.9. The van der Waals surface area contributed by atoms with Crippen LogP contribution in [0.5, 0.6) is 5.75 Å². The number of ether oxygens (including phenoxy) is 2. The zero-order valence-corrected chi connectivity index (χ0v) is 13.5. The summed E-state index contributed by atoms with van der Waals surface area (Å²) in [6.07, 6.45) is 2.94. The highest BCUT2D eigenvalue weighted by Gasteiger charge is 2.07. The van der Waals surface area contributed by atoms with Gasteiger partial charge in [0.25, 0.3) is 0 Å². The number of hydrogen-bond acceptors (Lipinski definition) is 4. The Labute approximate surface area is 136 Å². The molecule has 0 aliphatic rings. The summed E-state index contributed by atoms with van der Waals surface area (Å²) in [5, 5.41) is 0. The molecule has 0 heterocycles. The first kappa shape index (κ1) is 18.2. The number of carbonyl (C=O) groups is 2. The van der Waals surface area contributed by atoms with Crippen molar-refractivity contribution in [2.75, 3.05) is 7.11 Å². The van der Waals surface area contributed by atoms with Crippen LogP contribution in [0.2, 0.25) is 0 Å². The fourth-order valence-electron chi connectivity index (χ4n) is 1.62. The molecular weight excluding hydrogens is 292 g/mol. The van der Waals surface area contributed by atoms with Crippen molar-refractivity contribution >= 4 is 18.0 Å². The van der Waals surface area contributed by atoms with Crippen LogP contribution in [0.3, 0.4) is 0 Å². The van der Waals surface area contributed by atoms with Crippen LogP contribution in [-0.2, 0) is 9.53 Å². The van der Waals surface area contributed by atoms with E-state index in [2.05, 4.69) is 4.74 Å². The molecule has 0 fully saturated rings. The van der Waals surface area contributed by atoms with Gasteiger partial charge in [-0.05, 0) is 35.9 Å². The zero-order valence-electron chi connectivity index (χ0n) is 13.5. The molecule has 0 saturated heterocycles. The minimum atomic E-state index is -0.422. The summed E-state index contributed by atoms with van der Waals surface area (Å²) < 4.78 is 9.75. The van der Waals surface area contributed by atoms with Gasteiger partial charge in [-0.25, -0.2) is 9.59 Å². The lowest BCUT2D eigenvalue weighted by Gasteiger charge is -2.04. The minimum absolute atomic E-state index is 0.409. The summed E-state index contributed by atoms with van der Waals surface area (Å²) in [7, 11) is 1.32. The molecule has 0 saturated carbocycles. The van der Waals surface area contributed by atoms with Crippen molar-refractivity contribution in [2.45, 2.75) is 13.8 Å². The van der Waals surface area contributed by atoms with E-state index >= 15 is 0 Å². The molecule has 0 aliphatic heterocycles. The molecule has 0 bridgehead atoms. The van der Waals surface area contributed by atoms with Crippen LogP contribution in [-0.4, -0.2) is 19.0 Å². The van der Waals surface area contributed by atoms with Crippen LogP contribution >= 0.6 is 0 Å². The Morgan fingerprint density at radius 1 is 0.913 bits per heavy atom. The van der Waals surface area contributed by atoms with Crippen molar-refractivity contribution < 1.29 is 19.1 Å². The van der Waals surface area contributed by atoms with Gasteiger partial charge < -0.3 is 9.47 Å². The number of carbonyl (C=O) groups excluding carboxylic acids is 2. The summed E-state index contributed by atoms with van der Waals surface area (Å²) in [4.78, 5) is 22.8. The molecular formula is C19H20O4. The zero-order chi connectivity index (χ0) is 17.1. The SMILES string of the molecule is CC.COC(=O)/C=C/c1ccc(OC(=O)c2ccccc2)cc1. The van der Waals surface area contributed by atoms with Crippen molar-refractivity contribution in [1.29, 1.82) is 0 Å². The Hall–Kier alpha value is -2.88. The van der Waals surface area contributed by atoms with E-state index in [9.17, 15) is 9.59 Å². The second-order valence-corrected chi connectivity index (χ2v) is 4.18. The number of esters is 2. The van der Waals surface area contributed by atoms with Gasteiger partial charge in [0.15, 0.2) is 0 Å². The molecule has 0 N–H and O–H groups in total. The average molecular weight is 312 g/mol. The van der Waals surface area contributed by atoms with Gasteiger partial charge in [0.1, 0.15) is 5.75 Å². The first-order chi connectivity index (χ1) is 11.2. The molecule has 0 atom stereocenters. The molecule has 0 amide bonds. The van der Waals surface area contributed by atoms with Gasteiger partial charge >= 0.3 is 11.9 Å². The second kappa shape index (κ2) is 9.95. The van der Waals surface area contributed by atoms with E-state index in [4.69, 9.17) is 4.74 Å². The highest BCUT2D eigenvalue weighted by atomic mass is 16.5. The van der Waals surface area contributed by atoms with E-state index in [1.54, 1.807) is 54.6 Å². The largest absolute Gasteiger partial charge is 0.466 e. The lowest BCUT2D eigenvalue weighted by molar-refractivity contribution is -0.134. The third-order valence-electron chi connectivity index (χ3n) is 2.71. The first-order valence-electron chi connectivity index (χ1n) is 7.32. The molecule has 0 aromatic heterocycles. The van der Waals surface area contributed by atoms with Gasteiger partial charge in [-0.1, -0.05) is 44.2 Å². The summed E-state index contributed by atoms with van der Waals surface area (Å²) in [6.45, 7) is 4.00. The van der Waals surface area contributed by atoms with E-state index in [-0.39, 0.29) is 0 Å². The van der Waals surface area contributed by atoms with E-state index < -0.39 is 11.9 Å². The third kappa shape index (κ3) is 6.18. The molecule has 0 unspecified atom stereocenters. The highest BCUT2D eigenvalue weighted by molar-refractivity contribution is 5.91. The third-order valence-corrected chi connectivity index (χ3v) is 2.71. The molecule has 120 valence electrons. The van der Waals surface area contributed by atoms with Crippen LogP contribution in [0.4, 0.5) is 0 Å². The van der Waals surface area contributed by atoms with Gasteiger partial charge in [0, 0.05) is 6.08 Å². The molecule has 2 aromatic carbocycles. The predicted octanol–water partition coefficient (Wildman–Crippen LogP) is 4.12. The van der Waals surface area contributed by atoms with E-state index in [0.717, 1.165) is 5.56 Å². The fourth-order valence-corrected chi connectivity index (χ4v) is 1.62. The van der Waals surface area contributed by atoms with Crippen LogP contribution in [0.25, 0.3) is 6.08 Å². The Morgan fingerprint density at radius 3 is 2.09 bits per heavy atom. The van der Waals surface area contributed by atoms with E-state index in [1.165, 1.54) is 13.2 Å². The summed E-state index contributed by atoms with van der Waals surface area (Å²) in [5.74, 6) is -0.387. The Bertz CT molecular complexity index is 643. The maximum Gasteiger partial charge on any atom is 0.343 e. The Balaban J connectivity index is 0.00000127. The number of rotatable bonds is 4. The molecule has 0 spiro atoms. The number of hydrogen-bond donors (Lipinski definition) is 0. The lowest BCUT2D eigenvalue weighted by Crippen LogP contribution is -2.07. The van der Waals surface area contributed by atoms with Crippen molar-refractivity contribution in [1.82, 2.24) is 0 Å². The van der Waals surface area contributed by atoms with Crippen LogP contribution in [0.1, 0.15) is 29.8 Å². The minimum Gasteiger partial charge on any atom is -0.466 e. The fraction of sp³-hybridized carbons (Fsp3) is 0.158. The quantitative estimate of drug-likeness (QED) is 0.484. The molecule has 4 nitrogen and oxygen atoms in total. The summed E-state index contributed by atoms with van der Waals surface area (Å²) >= 11 is 0. The van der Waals surface area contributed by atoms with E-state index in [0.29, 0.717) is 11.3 Å². The van der Waals surface area contributed by atoms with Crippen molar-refractivity contribution in [3.05, 3.63) is 71.8 Å². The Morgan fingerprint density at radius 2 is 1.52 bits per heavy atom. The second-order valence-electron chi connectivity index (χ2n) is 4.18. The van der Waals surface area contributed by atoms with E-state index in [1.807, 2.05) is 19.9 Å². The molecule has 4 heteroatoms. The number of benzene rings is 2. The summed E-state index contributed by atoms with van der Waals surface area (Å²) in [6, 6.07) is 15.6. The van der Waals surface area contributed by atoms with Gasteiger partial charge in [0.2, 0.25) is 0 Å². The molecule has 23 heavy (non-hydrogen) atoms. The van der Waals surface area contributed by atoms with Crippen LogP contribution in [0.15, 0.2) is 60.7 Å². The highest BCUT2D eigenvalue weighted by Crippen LogP contribution is 2.15. The monoisotopic (exact) mass is 312 g/mol. The predicted molar refractivity (Wildman–Crippen MR) is 90.2 cm³/mol.